The van der Waals surface area contributed by atoms with Crippen molar-refractivity contribution in [1.82, 2.24) is 0 Å². The van der Waals surface area contributed by atoms with Gasteiger partial charge in [0.25, 0.3) is 0 Å². The van der Waals surface area contributed by atoms with Crippen molar-refractivity contribution in [1.29, 1.82) is 0 Å². The second kappa shape index (κ2) is 9.63. The Morgan fingerprint density at radius 1 is 0.458 bits per heavy atom. The van der Waals surface area contributed by atoms with E-state index >= 15 is 0 Å². The third-order valence-corrected chi connectivity index (χ3v) is 11.6. The van der Waals surface area contributed by atoms with Crippen LogP contribution < -0.4 is 4.90 Å². The molecule has 0 saturated carbocycles. The van der Waals surface area contributed by atoms with E-state index in [-0.39, 0.29) is 0 Å². The highest BCUT2D eigenvalue weighted by atomic mass is 32.2. The average Bonchev–Trinajstić information content (AvgIpc) is 3.77. The Hall–Kier alpha value is -5.77. The van der Waals surface area contributed by atoms with Gasteiger partial charge in [-0.3, -0.25) is 0 Å². The molecule has 2 aliphatic carbocycles. The molecule has 48 heavy (non-hydrogen) atoms. The maximum absolute atomic E-state index is 6.99. The van der Waals surface area contributed by atoms with Crippen molar-refractivity contribution in [3.05, 3.63) is 186 Å². The van der Waals surface area contributed by atoms with Gasteiger partial charge in [0, 0.05) is 26.4 Å². The molecule has 2 nitrogen and oxygen atoms in total. The molecule has 0 fully saturated rings. The lowest BCUT2D eigenvalue weighted by atomic mass is 9.73. The number of benzene rings is 7. The van der Waals surface area contributed by atoms with Crippen LogP contribution in [0.15, 0.2) is 178 Å². The molecule has 0 bridgehead atoms. The van der Waals surface area contributed by atoms with Crippen molar-refractivity contribution in [3.8, 4) is 33.4 Å². The van der Waals surface area contributed by atoms with Gasteiger partial charge in [-0.2, -0.15) is 0 Å². The fourth-order valence-corrected chi connectivity index (χ4v) is 9.66. The summed E-state index contributed by atoms with van der Waals surface area (Å²) in [5.41, 5.74) is 15.3. The van der Waals surface area contributed by atoms with Gasteiger partial charge in [0.15, 0.2) is 0 Å². The zero-order valence-electron chi connectivity index (χ0n) is 25.9. The van der Waals surface area contributed by atoms with E-state index in [0.717, 1.165) is 22.4 Å². The highest BCUT2D eigenvalue weighted by Crippen LogP contribution is 2.65. The molecular weight excluding hydrogens is 603 g/mol. The molecule has 224 valence electrons. The predicted octanol–water partition coefficient (Wildman–Crippen LogP) is 12.4. The van der Waals surface area contributed by atoms with E-state index in [4.69, 9.17) is 4.42 Å². The van der Waals surface area contributed by atoms with Crippen molar-refractivity contribution < 1.29 is 4.42 Å². The Morgan fingerprint density at radius 3 is 1.73 bits per heavy atom. The normalized spacial score (nSPS) is 14.3. The summed E-state index contributed by atoms with van der Waals surface area (Å²) in [6, 6.07) is 59.7. The van der Waals surface area contributed by atoms with E-state index in [9.17, 15) is 0 Å². The minimum Gasteiger partial charge on any atom is -0.459 e. The summed E-state index contributed by atoms with van der Waals surface area (Å²) in [7, 11) is 0. The topological polar surface area (TPSA) is 16.4 Å². The van der Waals surface area contributed by atoms with Crippen LogP contribution in [0.3, 0.4) is 0 Å². The molecule has 0 atom stereocenters. The van der Waals surface area contributed by atoms with Crippen molar-refractivity contribution in [2.24, 2.45) is 0 Å². The summed E-state index contributed by atoms with van der Waals surface area (Å²) in [4.78, 5) is 4.93. The molecule has 0 radical (unpaired) electrons. The van der Waals surface area contributed by atoms with Gasteiger partial charge in [-0.05, 0) is 87.0 Å². The van der Waals surface area contributed by atoms with Crippen LogP contribution in [0.1, 0.15) is 22.5 Å². The minimum atomic E-state index is -0.522. The molecule has 11 rings (SSSR count). The van der Waals surface area contributed by atoms with Gasteiger partial charge in [-0.1, -0.05) is 133 Å². The van der Waals surface area contributed by atoms with Crippen molar-refractivity contribution >= 4 is 39.8 Å². The Kier molecular flexibility index (Phi) is 5.28. The molecule has 8 aromatic rings. The Labute approximate surface area is 282 Å². The van der Waals surface area contributed by atoms with E-state index in [1.54, 1.807) is 0 Å². The molecule has 3 aliphatic rings. The third kappa shape index (κ3) is 3.29. The number of furan rings is 1. The van der Waals surface area contributed by atoms with E-state index in [0.29, 0.717) is 0 Å². The Balaban J connectivity index is 1.15. The zero-order valence-corrected chi connectivity index (χ0v) is 26.7. The van der Waals surface area contributed by atoms with Gasteiger partial charge in [0.05, 0.1) is 11.4 Å². The summed E-state index contributed by atoms with van der Waals surface area (Å²) >= 11 is 1.84. The van der Waals surface area contributed by atoms with E-state index < -0.39 is 5.41 Å². The van der Waals surface area contributed by atoms with Gasteiger partial charge in [0.1, 0.15) is 16.8 Å². The smallest absolute Gasteiger partial charge is 0.135 e. The molecule has 7 aromatic carbocycles. The van der Waals surface area contributed by atoms with Gasteiger partial charge in [-0.25, -0.2) is 0 Å². The lowest BCUT2D eigenvalue weighted by Gasteiger charge is -2.33. The largest absolute Gasteiger partial charge is 0.459 e. The first-order valence-corrected chi connectivity index (χ1v) is 17.3. The third-order valence-electron chi connectivity index (χ3n) is 10.5. The first-order chi connectivity index (χ1) is 23.8. The number of anilines is 3. The fourth-order valence-electron chi connectivity index (χ4n) is 8.60. The van der Waals surface area contributed by atoms with Crippen LogP contribution in [0.2, 0.25) is 0 Å². The summed E-state index contributed by atoms with van der Waals surface area (Å²) in [6.07, 6.45) is 0. The number of nitrogens with zero attached hydrogens (tertiary/aromatic N) is 1. The number of para-hydroxylation sites is 3. The molecule has 0 unspecified atom stereocenters. The highest BCUT2D eigenvalue weighted by Gasteiger charge is 2.55. The molecule has 1 aliphatic heterocycles. The molecule has 3 heteroatoms. The van der Waals surface area contributed by atoms with Crippen LogP contribution in [0.5, 0.6) is 0 Å². The second-order valence-electron chi connectivity index (χ2n) is 12.8. The molecule has 1 spiro atoms. The lowest BCUT2D eigenvalue weighted by Crippen LogP contribution is -2.25. The van der Waals surface area contributed by atoms with Crippen LogP contribution in [0.4, 0.5) is 17.1 Å². The predicted molar refractivity (Wildman–Crippen MR) is 197 cm³/mol. The van der Waals surface area contributed by atoms with Gasteiger partial charge in [-0.15, -0.1) is 0 Å². The van der Waals surface area contributed by atoms with Gasteiger partial charge in [0.2, 0.25) is 0 Å². The molecule has 0 N–H and O–H groups in total. The Morgan fingerprint density at radius 2 is 1.02 bits per heavy atom. The number of hydrogen-bond acceptors (Lipinski definition) is 3. The molecule has 0 amide bonds. The minimum absolute atomic E-state index is 0.522. The summed E-state index contributed by atoms with van der Waals surface area (Å²) in [5, 5.41) is 1.16. The lowest BCUT2D eigenvalue weighted by molar-refractivity contribution is 0.507. The van der Waals surface area contributed by atoms with Crippen LogP contribution >= 0.6 is 11.8 Å². The summed E-state index contributed by atoms with van der Waals surface area (Å²) in [5.74, 6) is 1.03. The first kappa shape index (κ1) is 26.3. The summed E-state index contributed by atoms with van der Waals surface area (Å²) in [6.45, 7) is 0. The number of fused-ring (bicyclic) bond motifs is 14. The number of hydrogen-bond donors (Lipinski definition) is 0. The van der Waals surface area contributed by atoms with E-state index in [2.05, 4.69) is 169 Å². The fraction of sp³-hybridized carbons (Fsp3) is 0.0222. The number of rotatable bonds is 2. The van der Waals surface area contributed by atoms with Gasteiger partial charge >= 0.3 is 0 Å². The van der Waals surface area contributed by atoms with Crippen LogP contribution in [-0.2, 0) is 5.41 Å². The average molecular weight is 630 g/mol. The van der Waals surface area contributed by atoms with E-state index in [1.807, 2.05) is 11.8 Å². The molecule has 0 saturated heterocycles. The molecule has 1 aromatic heterocycles. The highest BCUT2D eigenvalue weighted by molar-refractivity contribution is 7.99. The van der Waals surface area contributed by atoms with Gasteiger partial charge < -0.3 is 9.32 Å². The SMILES string of the molecule is c1ccc2c(c1)Sc1ccccc1N2c1ccc(-c2cccc3c2-c2c(oc4ccccc24)C32c3ccccc3-c3ccccc32)cc1. The quantitative estimate of drug-likeness (QED) is 0.189. The maximum atomic E-state index is 6.99. The molecule has 2 heterocycles. The zero-order chi connectivity index (χ0) is 31.4. The summed E-state index contributed by atoms with van der Waals surface area (Å²) < 4.78 is 6.99. The first-order valence-electron chi connectivity index (χ1n) is 16.4. The van der Waals surface area contributed by atoms with Crippen molar-refractivity contribution in [3.63, 3.8) is 0 Å². The van der Waals surface area contributed by atoms with Crippen LogP contribution in [0, 0.1) is 0 Å². The van der Waals surface area contributed by atoms with Crippen molar-refractivity contribution in [2.45, 2.75) is 15.2 Å². The molecular formula is C45H27NOS. The van der Waals surface area contributed by atoms with E-state index in [1.165, 1.54) is 71.2 Å². The monoisotopic (exact) mass is 629 g/mol. The van der Waals surface area contributed by atoms with Crippen LogP contribution in [-0.4, -0.2) is 0 Å². The Bertz CT molecular complexity index is 2520. The van der Waals surface area contributed by atoms with Crippen LogP contribution in [0.25, 0.3) is 44.3 Å². The second-order valence-corrected chi connectivity index (χ2v) is 13.9. The van der Waals surface area contributed by atoms with Crippen molar-refractivity contribution in [2.75, 3.05) is 4.90 Å². The maximum Gasteiger partial charge on any atom is 0.135 e. The standard InChI is InChI=1S/C45H27NOS/c1-4-16-34-31(12-1)32-13-2-5-17-35(32)45(34)36-18-11-15-30(42(36)43-33-14-3-8-21-39(33)47-44(43)45)28-24-26-29(27-25-28)46-37-19-6-9-22-40(37)48-41-23-10-7-20-38(41)46/h1-27H.